The van der Waals surface area contributed by atoms with Crippen molar-refractivity contribution in [2.45, 2.75) is 50.9 Å². The van der Waals surface area contributed by atoms with Crippen molar-refractivity contribution in [3.8, 4) is 11.4 Å². The quantitative estimate of drug-likeness (QED) is 0.392. The Bertz CT molecular complexity index is 1420. The van der Waals surface area contributed by atoms with E-state index in [9.17, 15) is 9.59 Å². The van der Waals surface area contributed by atoms with Crippen LogP contribution in [0.3, 0.4) is 0 Å². The van der Waals surface area contributed by atoms with E-state index in [1.807, 2.05) is 69.4 Å². The van der Waals surface area contributed by atoms with E-state index in [2.05, 4.69) is 34.7 Å². The van der Waals surface area contributed by atoms with Gasteiger partial charge in [-0.05, 0) is 60.4 Å². The molecular weight excluding hydrogens is 462 g/mol. The number of carbonyl (C=O) groups is 1. The van der Waals surface area contributed by atoms with E-state index in [1.165, 1.54) is 16.4 Å². The minimum absolute atomic E-state index is 0.160. The molecule has 1 atom stereocenters. The highest BCUT2D eigenvalue weighted by molar-refractivity contribution is 8.00. The molecule has 4 rings (SSSR count). The number of benzene rings is 2. The van der Waals surface area contributed by atoms with E-state index >= 15 is 0 Å². The first kappa shape index (κ1) is 24.5. The summed E-state index contributed by atoms with van der Waals surface area (Å²) >= 11 is 1.20. The summed E-state index contributed by atoms with van der Waals surface area (Å²) in [5, 5.41) is 14.9. The second-order valence-electron chi connectivity index (χ2n) is 8.73. The predicted octanol–water partition coefficient (Wildman–Crippen LogP) is 4.01. The molecule has 0 bridgehead atoms. The second-order valence-corrected chi connectivity index (χ2v) is 10.0. The predicted molar refractivity (Wildman–Crippen MR) is 138 cm³/mol. The van der Waals surface area contributed by atoms with Crippen molar-refractivity contribution in [1.82, 2.24) is 29.6 Å². The summed E-state index contributed by atoms with van der Waals surface area (Å²) < 4.78 is 4.76. The molecule has 0 saturated heterocycles. The number of para-hydroxylation sites is 2. The van der Waals surface area contributed by atoms with Crippen LogP contribution < -0.4 is 10.9 Å². The molecule has 0 spiro atoms. The normalized spacial score (nSPS) is 12.2. The van der Waals surface area contributed by atoms with Crippen molar-refractivity contribution in [2.75, 3.05) is 5.32 Å². The summed E-state index contributed by atoms with van der Waals surface area (Å²) in [7, 11) is 1.81. The van der Waals surface area contributed by atoms with Gasteiger partial charge in [-0.3, -0.25) is 14.3 Å². The van der Waals surface area contributed by atoms with E-state index in [0.717, 1.165) is 22.5 Å². The van der Waals surface area contributed by atoms with Gasteiger partial charge in [-0.15, -0.1) is 5.10 Å². The van der Waals surface area contributed by atoms with Gasteiger partial charge >= 0.3 is 0 Å². The Balaban J connectivity index is 1.62. The molecule has 182 valence electrons. The Hall–Kier alpha value is -3.66. The van der Waals surface area contributed by atoms with Crippen LogP contribution in [-0.4, -0.2) is 40.7 Å². The van der Waals surface area contributed by atoms with Crippen molar-refractivity contribution in [1.29, 1.82) is 0 Å². The summed E-state index contributed by atoms with van der Waals surface area (Å²) in [6, 6.07) is 15.4. The first-order chi connectivity index (χ1) is 16.7. The molecule has 2 heterocycles. The Morgan fingerprint density at radius 3 is 2.43 bits per heavy atom. The average Bonchev–Trinajstić information content (AvgIpc) is 3.36. The van der Waals surface area contributed by atoms with Gasteiger partial charge in [-0.1, -0.05) is 62.0 Å². The van der Waals surface area contributed by atoms with Crippen molar-refractivity contribution in [2.24, 2.45) is 7.05 Å². The van der Waals surface area contributed by atoms with E-state index < -0.39 is 5.25 Å². The molecule has 0 aliphatic rings. The molecule has 0 radical (unpaired) electrons. The van der Waals surface area contributed by atoms with Crippen molar-refractivity contribution < 1.29 is 4.79 Å². The Morgan fingerprint density at radius 2 is 1.74 bits per heavy atom. The molecular formula is C25H29N7O2S. The zero-order valence-corrected chi connectivity index (χ0v) is 21.5. The molecule has 35 heavy (non-hydrogen) atoms. The Morgan fingerprint density at radius 1 is 1.03 bits per heavy atom. The molecule has 1 N–H and O–H groups in total. The molecule has 0 fully saturated rings. The van der Waals surface area contributed by atoms with Gasteiger partial charge in [-0.2, -0.15) is 4.68 Å². The van der Waals surface area contributed by atoms with Crippen LogP contribution in [0, 0.1) is 13.8 Å². The smallest absolute Gasteiger partial charge is 0.297 e. The molecule has 1 unspecified atom stereocenters. The van der Waals surface area contributed by atoms with E-state index in [-0.39, 0.29) is 17.4 Å². The number of hydrogen-bond acceptors (Lipinski definition) is 6. The highest BCUT2D eigenvalue weighted by atomic mass is 32.2. The van der Waals surface area contributed by atoms with Crippen LogP contribution in [0.1, 0.15) is 43.5 Å². The minimum Gasteiger partial charge on any atom is -0.325 e. The molecule has 2 aromatic heterocycles. The first-order valence-electron chi connectivity index (χ1n) is 11.4. The lowest BCUT2D eigenvalue weighted by Crippen LogP contribution is -2.25. The summed E-state index contributed by atoms with van der Waals surface area (Å²) in [6.45, 7) is 9.82. The molecule has 0 aliphatic carbocycles. The summed E-state index contributed by atoms with van der Waals surface area (Å²) in [5.41, 5.74) is 4.47. The van der Waals surface area contributed by atoms with Gasteiger partial charge in [0.25, 0.3) is 5.56 Å². The third-order valence-corrected chi connectivity index (χ3v) is 7.04. The van der Waals surface area contributed by atoms with Crippen LogP contribution in [0.5, 0.6) is 0 Å². The molecule has 1 amide bonds. The zero-order valence-electron chi connectivity index (χ0n) is 20.7. The lowest BCUT2D eigenvalue weighted by Gasteiger charge is -2.18. The number of rotatable bonds is 7. The van der Waals surface area contributed by atoms with Crippen LogP contribution in [0.4, 0.5) is 5.69 Å². The van der Waals surface area contributed by atoms with Gasteiger partial charge in [0.2, 0.25) is 11.1 Å². The number of hydrogen-bond donors (Lipinski definition) is 1. The number of aromatic nitrogens is 6. The van der Waals surface area contributed by atoms with Gasteiger partial charge in [0.15, 0.2) is 5.69 Å². The standard InChI is InChI=1S/C25H29N7O2S/c1-15(2)20-14-10-11-16(3)21(20)26-23(33)18(5)35-25-27-28-29-31(25)22-17(4)30(6)32(24(22)34)19-12-8-7-9-13-19/h7-15,18H,1-6H3,(H,26,33). The molecule has 9 nitrogen and oxygen atoms in total. The molecule has 0 aliphatic heterocycles. The number of nitrogens with zero attached hydrogens (tertiary/aromatic N) is 6. The maximum Gasteiger partial charge on any atom is 0.297 e. The summed E-state index contributed by atoms with van der Waals surface area (Å²) in [6.07, 6.45) is 0. The van der Waals surface area contributed by atoms with Crippen LogP contribution in [0.15, 0.2) is 58.5 Å². The molecule has 4 aromatic rings. The molecule has 0 saturated carbocycles. The topological polar surface area (TPSA) is 99.6 Å². The largest absolute Gasteiger partial charge is 0.325 e. The van der Waals surface area contributed by atoms with Crippen LogP contribution in [-0.2, 0) is 11.8 Å². The molecule has 10 heteroatoms. The number of carbonyl (C=O) groups excluding carboxylic acids is 1. The van der Waals surface area contributed by atoms with Crippen molar-refractivity contribution in [3.63, 3.8) is 0 Å². The van der Waals surface area contributed by atoms with Gasteiger partial charge in [0.1, 0.15) is 0 Å². The van der Waals surface area contributed by atoms with Crippen LogP contribution in [0.25, 0.3) is 11.4 Å². The Kier molecular flexibility index (Phi) is 6.93. The zero-order chi connectivity index (χ0) is 25.3. The number of anilines is 1. The summed E-state index contributed by atoms with van der Waals surface area (Å²) in [4.78, 5) is 26.5. The maximum atomic E-state index is 13.4. The lowest BCUT2D eigenvalue weighted by molar-refractivity contribution is -0.115. The fourth-order valence-corrected chi connectivity index (χ4v) is 4.76. The fraction of sp³-hybridized carbons (Fsp3) is 0.320. The fourth-order valence-electron chi connectivity index (χ4n) is 3.97. The van der Waals surface area contributed by atoms with Gasteiger partial charge in [-0.25, -0.2) is 4.68 Å². The first-order valence-corrected chi connectivity index (χ1v) is 12.3. The summed E-state index contributed by atoms with van der Waals surface area (Å²) in [5.74, 6) is 0.112. The second kappa shape index (κ2) is 9.91. The minimum atomic E-state index is -0.500. The third-order valence-electron chi connectivity index (χ3n) is 6.00. The van der Waals surface area contributed by atoms with E-state index in [1.54, 1.807) is 16.3 Å². The third kappa shape index (κ3) is 4.66. The monoisotopic (exact) mass is 491 g/mol. The van der Waals surface area contributed by atoms with Crippen LogP contribution >= 0.6 is 11.8 Å². The number of nitrogens with one attached hydrogen (secondary N) is 1. The SMILES string of the molecule is Cc1cccc(C(C)C)c1NC(=O)C(C)Sc1nnnn1-c1c(C)n(C)n(-c2ccccc2)c1=O. The van der Waals surface area contributed by atoms with Crippen molar-refractivity contribution in [3.05, 3.63) is 75.7 Å². The maximum absolute atomic E-state index is 13.4. The van der Waals surface area contributed by atoms with E-state index in [0.29, 0.717) is 16.5 Å². The number of thioether (sulfide) groups is 1. The van der Waals surface area contributed by atoms with Crippen LogP contribution in [0.2, 0.25) is 0 Å². The molecule has 2 aromatic carbocycles. The highest BCUT2D eigenvalue weighted by Gasteiger charge is 2.25. The average molecular weight is 492 g/mol. The number of tetrazole rings is 1. The van der Waals surface area contributed by atoms with Gasteiger partial charge in [0, 0.05) is 12.7 Å². The lowest BCUT2D eigenvalue weighted by atomic mass is 9.98. The number of amides is 1. The van der Waals surface area contributed by atoms with Gasteiger partial charge in [0.05, 0.1) is 16.6 Å². The Labute approximate surface area is 208 Å². The van der Waals surface area contributed by atoms with Gasteiger partial charge < -0.3 is 5.32 Å². The van der Waals surface area contributed by atoms with E-state index in [4.69, 9.17) is 0 Å². The number of aryl methyl sites for hydroxylation is 1. The highest BCUT2D eigenvalue weighted by Crippen LogP contribution is 2.29. The van der Waals surface area contributed by atoms with Crippen molar-refractivity contribution >= 4 is 23.4 Å².